The number of ether oxygens (including phenoxy) is 1. The standard InChI is InChI=1S/C122H172O2S12/c1-14-26-38-50-62-87-74-75-125-110(87)99-76-88(63-51-39-27-15-2)111(126-99)100-77-89(64-52-40-28-16-3)112(127-100)101-78-90(65-53-41-29-17-4)113(128-101)102-79-91(66-54-42-30-18-5)114(129-102)103-80-92(67-55-43-31-19-6)115(130-103)104-81-93(68-56-44-32-20-7)116(131-104)105-82-94(69-57-45-33-21-8)117(132-105)106-83-95(70-58-46-34-22-9)118(133-106)107-84-96(71-59-47-35-23-10)119(134-107)108-85-97(72-60-48-36-24-11)120(135-108)109-86-98(73-61-49-37-25-12)121(136-109)122(123)124-13/h74-86H,14-73H2,1-13H3. The van der Waals surface area contributed by atoms with E-state index in [9.17, 15) is 4.79 Å². The van der Waals surface area contributed by atoms with Crippen molar-refractivity contribution in [2.24, 2.45) is 0 Å². The Bertz CT molecular complexity index is 5350. The van der Waals surface area contributed by atoms with Crippen molar-refractivity contribution in [3.63, 3.8) is 0 Å². The smallest absolute Gasteiger partial charge is 0.348 e. The average Bonchev–Trinajstić information content (AvgIpc) is 1.60. The Morgan fingerprint density at radius 1 is 0.184 bits per heavy atom. The van der Waals surface area contributed by atoms with Crippen LogP contribution in [-0.2, 0) is 81.8 Å². The highest BCUT2D eigenvalue weighted by Gasteiger charge is 2.31. The molecule has 12 rings (SSSR count). The fourth-order valence-corrected chi connectivity index (χ4v) is 35.7. The minimum atomic E-state index is -0.182. The van der Waals surface area contributed by atoms with Crippen molar-refractivity contribution in [2.75, 3.05) is 7.11 Å². The van der Waals surface area contributed by atoms with Crippen molar-refractivity contribution in [3.8, 4) is 107 Å². The minimum Gasteiger partial charge on any atom is -0.465 e. The predicted molar refractivity (Wildman–Crippen MR) is 626 cm³/mol. The van der Waals surface area contributed by atoms with Gasteiger partial charge in [-0.2, -0.15) is 0 Å². The molecular weight excluding hydrogens is 1880 g/mol. The molecule has 0 atom stereocenters. The van der Waals surface area contributed by atoms with E-state index < -0.39 is 0 Å². The van der Waals surface area contributed by atoms with Crippen LogP contribution in [0.3, 0.4) is 0 Å². The summed E-state index contributed by atoms with van der Waals surface area (Å²) in [6, 6.07) is 32.0. The van der Waals surface area contributed by atoms with E-state index in [1.54, 1.807) is 97.8 Å². The van der Waals surface area contributed by atoms with Crippen LogP contribution in [0.4, 0.5) is 0 Å². The summed E-state index contributed by atoms with van der Waals surface area (Å²) in [5.74, 6) is -0.182. The molecule has 0 spiro atoms. The second-order valence-corrected chi connectivity index (χ2v) is 52.1. The van der Waals surface area contributed by atoms with Crippen LogP contribution in [-0.4, -0.2) is 13.1 Å². The van der Waals surface area contributed by atoms with Crippen LogP contribution in [0.25, 0.3) is 107 Å². The first kappa shape index (κ1) is 111. The summed E-state index contributed by atoms with van der Waals surface area (Å²) in [6.45, 7) is 28.3. The molecule has 0 aliphatic carbocycles. The van der Waals surface area contributed by atoms with E-state index in [0.717, 1.165) is 75.5 Å². The van der Waals surface area contributed by atoms with E-state index in [0.29, 0.717) is 0 Å². The maximum absolute atomic E-state index is 13.7. The first-order valence-corrected chi connectivity index (χ1v) is 65.3. The lowest BCUT2D eigenvalue weighted by molar-refractivity contribution is 0.0605. The summed E-state index contributed by atoms with van der Waals surface area (Å²) in [5.41, 5.74) is 18.4. The van der Waals surface area contributed by atoms with Gasteiger partial charge in [0.1, 0.15) is 4.88 Å². The van der Waals surface area contributed by atoms with E-state index in [4.69, 9.17) is 4.74 Å². The van der Waals surface area contributed by atoms with E-state index in [1.807, 2.05) is 22.7 Å². The van der Waals surface area contributed by atoms with Crippen LogP contribution in [0.1, 0.15) is 468 Å². The largest absolute Gasteiger partial charge is 0.465 e. The van der Waals surface area contributed by atoms with Crippen LogP contribution >= 0.6 is 136 Å². The summed E-state index contributed by atoms with van der Waals surface area (Å²) in [6.07, 6.45) is 74.0. The lowest BCUT2D eigenvalue weighted by Gasteiger charge is -2.02. The zero-order chi connectivity index (χ0) is 95.6. The molecule has 0 saturated heterocycles. The van der Waals surface area contributed by atoms with Gasteiger partial charge in [-0.3, -0.25) is 0 Å². The van der Waals surface area contributed by atoms with Crippen LogP contribution in [0.15, 0.2) is 78.2 Å². The van der Waals surface area contributed by atoms with Gasteiger partial charge in [-0.05, 0) is 299 Å². The fourth-order valence-electron chi connectivity index (χ4n) is 20.0. The van der Waals surface area contributed by atoms with E-state index >= 15 is 0 Å². The van der Waals surface area contributed by atoms with Gasteiger partial charge in [0.25, 0.3) is 0 Å². The lowest BCUT2D eigenvalue weighted by Crippen LogP contribution is -2.01. The summed E-state index contributed by atoms with van der Waals surface area (Å²) < 4.78 is 5.53. The van der Waals surface area contributed by atoms with Gasteiger partial charge in [0.15, 0.2) is 0 Å². The molecule has 12 heterocycles. The number of aryl methyl sites for hydroxylation is 12. The Labute approximate surface area is 875 Å². The van der Waals surface area contributed by atoms with Gasteiger partial charge >= 0.3 is 5.97 Å². The summed E-state index contributed by atoms with van der Waals surface area (Å²) >= 11 is 25.0. The number of thiophene rings is 12. The highest BCUT2D eigenvalue weighted by atomic mass is 32.1. The Morgan fingerprint density at radius 3 is 0.500 bits per heavy atom. The van der Waals surface area contributed by atoms with Gasteiger partial charge < -0.3 is 4.74 Å². The quantitative estimate of drug-likeness (QED) is 0.0281. The van der Waals surface area contributed by atoms with Crippen LogP contribution in [0.2, 0.25) is 0 Å². The molecular formula is C122H172O2S12. The third-order valence-corrected chi connectivity index (χ3v) is 43.9. The van der Waals surface area contributed by atoms with Gasteiger partial charge in [0.05, 0.1) is 7.11 Å². The lowest BCUT2D eigenvalue weighted by atomic mass is 10.0. The predicted octanol–water partition coefficient (Wildman–Crippen LogP) is 46.0. The number of hydrogen-bond donors (Lipinski definition) is 0. The molecule has 136 heavy (non-hydrogen) atoms. The van der Waals surface area contributed by atoms with E-state index in [2.05, 4.69) is 263 Å². The molecule has 0 aliphatic heterocycles. The highest BCUT2D eigenvalue weighted by Crippen LogP contribution is 2.57. The molecule has 0 radical (unpaired) electrons. The molecule has 0 amide bonds. The van der Waals surface area contributed by atoms with Crippen molar-refractivity contribution in [3.05, 3.63) is 150 Å². The molecule has 12 aromatic heterocycles. The van der Waals surface area contributed by atoms with Crippen molar-refractivity contribution in [1.82, 2.24) is 0 Å². The first-order valence-electron chi connectivity index (χ1n) is 55.4. The molecule has 14 heteroatoms. The average molecular weight is 2060 g/mol. The van der Waals surface area contributed by atoms with Crippen molar-refractivity contribution < 1.29 is 9.53 Å². The minimum absolute atomic E-state index is 0.182. The maximum atomic E-state index is 13.7. The van der Waals surface area contributed by atoms with Gasteiger partial charge in [0, 0.05) is 107 Å². The number of rotatable bonds is 72. The number of hydrogen-bond acceptors (Lipinski definition) is 14. The first-order chi connectivity index (χ1) is 66.9. The number of unbranched alkanes of at least 4 members (excludes halogenated alkanes) is 36. The molecule has 0 fully saturated rings. The fraction of sp³-hybridized carbons (Fsp3) is 0.598. The number of methoxy groups -OCH3 is 1. The van der Waals surface area contributed by atoms with Gasteiger partial charge in [-0.1, -0.05) is 314 Å². The number of carbonyl (C=O) groups is 1. The van der Waals surface area contributed by atoms with Gasteiger partial charge in [0.2, 0.25) is 0 Å². The van der Waals surface area contributed by atoms with Gasteiger partial charge in [-0.15, -0.1) is 136 Å². The Kier molecular flexibility index (Phi) is 49.8. The van der Waals surface area contributed by atoms with Crippen LogP contribution in [0, 0.1) is 0 Å². The molecule has 0 aromatic carbocycles. The Balaban J connectivity index is 0.964. The van der Waals surface area contributed by atoms with Crippen LogP contribution < -0.4 is 0 Å². The maximum Gasteiger partial charge on any atom is 0.348 e. The molecule has 0 saturated carbocycles. The van der Waals surface area contributed by atoms with Crippen molar-refractivity contribution in [1.29, 1.82) is 0 Å². The number of carbonyl (C=O) groups excluding carboxylic acids is 1. The van der Waals surface area contributed by atoms with Crippen LogP contribution in [0.5, 0.6) is 0 Å². The summed E-state index contributed by atoms with van der Waals surface area (Å²) in [7, 11) is 1.56. The molecule has 744 valence electrons. The highest BCUT2D eigenvalue weighted by molar-refractivity contribution is 7.33. The van der Waals surface area contributed by atoms with Crippen molar-refractivity contribution >= 4 is 142 Å². The number of esters is 1. The van der Waals surface area contributed by atoms with E-state index in [1.165, 1.54) is 409 Å². The third-order valence-electron chi connectivity index (χ3n) is 28.1. The zero-order valence-electron chi connectivity index (χ0n) is 86.6. The molecule has 0 aliphatic rings. The topological polar surface area (TPSA) is 26.3 Å². The normalized spacial score (nSPS) is 11.9. The monoisotopic (exact) mass is 2050 g/mol. The summed E-state index contributed by atoms with van der Waals surface area (Å²) in [4.78, 5) is 47.4. The van der Waals surface area contributed by atoms with E-state index in [-0.39, 0.29) is 5.97 Å². The Hall–Kier alpha value is -4.13. The SMILES string of the molecule is CCCCCCc1cc(-c2sc(-c3sc(-c4sc(-c5sc(-c6sc(-c7sc(-c8sc(-c9sc(-c%10sc(-c%11sc(-c%12sccc%12CCCCCC)cc%11CCCCCC)cc%10CCCCCC)cc9CCCCCC)cc8CCCCCC)cc7CCCCCC)cc6CCCCCC)cc5CCCCCC)cc4CCCCCC)cc3CCCCCC)cc2CCCCCC)sc1C(=O)OC. The summed E-state index contributed by atoms with van der Waals surface area (Å²) in [5, 5.41) is 2.38. The zero-order valence-corrected chi connectivity index (χ0v) is 96.4. The third kappa shape index (κ3) is 31.9. The van der Waals surface area contributed by atoms with Crippen molar-refractivity contribution in [2.45, 2.75) is 468 Å². The molecule has 12 aromatic rings. The molecule has 0 bridgehead atoms. The second-order valence-electron chi connectivity index (χ2n) is 39.6. The molecule has 2 nitrogen and oxygen atoms in total. The Morgan fingerprint density at radius 2 is 0.331 bits per heavy atom. The molecule has 0 N–H and O–H groups in total. The molecule has 0 unspecified atom stereocenters. The van der Waals surface area contributed by atoms with Gasteiger partial charge in [-0.25, -0.2) is 4.79 Å². The second kappa shape index (κ2) is 61.2.